The van der Waals surface area contributed by atoms with Gasteiger partial charge in [-0.3, -0.25) is 0 Å². The van der Waals surface area contributed by atoms with Crippen LogP contribution in [0.3, 0.4) is 0 Å². The molecule has 0 aliphatic carbocycles. The Hall–Kier alpha value is -2.36. The van der Waals surface area contributed by atoms with E-state index >= 15 is 0 Å². The SMILES string of the molecule is O=C(O)c1cccc(CN2CCCc3ccccc32)c1F. The molecule has 3 nitrogen and oxygen atoms in total. The second-order valence-electron chi connectivity index (χ2n) is 5.24. The van der Waals surface area contributed by atoms with E-state index in [0.717, 1.165) is 25.1 Å². The van der Waals surface area contributed by atoms with E-state index in [1.807, 2.05) is 18.2 Å². The van der Waals surface area contributed by atoms with Crippen molar-refractivity contribution >= 4 is 11.7 Å². The van der Waals surface area contributed by atoms with E-state index in [2.05, 4.69) is 11.0 Å². The van der Waals surface area contributed by atoms with Gasteiger partial charge in [0.2, 0.25) is 0 Å². The molecule has 21 heavy (non-hydrogen) atoms. The number of nitrogens with zero attached hydrogens (tertiary/aromatic N) is 1. The van der Waals surface area contributed by atoms with Crippen LogP contribution in [0.25, 0.3) is 0 Å². The highest BCUT2D eigenvalue weighted by Crippen LogP contribution is 2.28. The summed E-state index contributed by atoms with van der Waals surface area (Å²) in [5, 5.41) is 9.00. The van der Waals surface area contributed by atoms with Gasteiger partial charge in [-0.05, 0) is 30.5 Å². The Morgan fingerprint density at radius 1 is 1.19 bits per heavy atom. The number of halogens is 1. The average molecular weight is 285 g/mol. The van der Waals surface area contributed by atoms with Gasteiger partial charge < -0.3 is 10.0 Å². The Bertz CT molecular complexity index is 684. The number of anilines is 1. The lowest BCUT2D eigenvalue weighted by molar-refractivity contribution is 0.0691. The van der Waals surface area contributed by atoms with Crippen LogP contribution in [0.1, 0.15) is 27.9 Å². The standard InChI is InChI=1S/C17H16FNO2/c18-16-13(6-3-8-14(16)17(20)21)11-19-10-4-7-12-5-1-2-9-15(12)19/h1-3,5-6,8-9H,4,7,10-11H2,(H,20,21). The van der Waals surface area contributed by atoms with Crippen LogP contribution >= 0.6 is 0 Å². The van der Waals surface area contributed by atoms with Crippen molar-refractivity contribution in [3.8, 4) is 0 Å². The highest BCUT2D eigenvalue weighted by Gasteiger charge is 2.19. The molecular weight excluding hydrogens is 269 g/mol. The van der Waals surface area contributed by atoms with Crippen LogP contribution in [0.5, 0.6) is 0 Å². The van der Waals surface area contributed by atoms with Crippen molar-refractivity contribution in [2.45, 2.75) is 19.4 Å². The Morgan fingerprint density at radius 2 is 2.00 bits per heavy atom. The smallest absolute Gasteiger partial charge is 0.338 e. The van der Waals surface area contributed by atoms with Crippen LogP contribution in [0.4, 0.5) is 10.1 Å². The molecule has 108 valence electrons. The zero-order valence-electron chi connectivity index (χ0n) is 11.6. The van der Waals surface area contributed by atoms with Gasteiger partial charge in [0.25, 0.3) is 0 Å². The minimum atomic E-state index is -1.23. The summed E-state index contributed by atoms with van der Waals surface area (Å²) in [5.41, 5.74) is 2.53. The Balaban J connectivity index is 1.92. The van der Waals surface area contributed by atoms with Crippen molar-refractivity contribution in [2.24, 2.45) is 0 Å². The van der Waals surface area contributed by atoms with Crippen molar-refractivity contribution in [2.75, 3.05) is 11.4 Å². The summed E-state index contributed by atoms with van der Waals surface area (Å²) in [6, 6.07) is 12.6. The maximum absolute atomic E-state index is 14.2. The summed E-state index contributed by atoms with van der Waals surface area (Å²) < 4.78 is 14.2. The molecule has 4 heteroatoms. The molecule has 1 aliphatic heterocycles. The molecule has 1 heterocycles. The molecule has 0 radical (unpaired) electrons. The van der Waals surface area contributed by atoms with E-state index in [1.54, 1.807) is 12.1 Å². The van der Waals surface area contributed by atoms with E-state index in [-0.39, 0.29) is 5.56 Å². The molecule has 0 atom stereocenters. The molecule has 1 aliphatic rings. The molecule has 0 fully saturated rings. The fraction of sp³-hybridized carbons (Fsp3) is 0.235. The topological polar surface area (TPSA) is 40.5 Å². The number of aryl methyl sites for hydroxylation is 1. The molecule has 0 aromatic heterocycles. The van der Waals surface area contributed by atoms with Gasteiger partial charge in [-0.1, -0.05) is 30.3 Å². The molecule has 1 N–H and O–H groups in total. The zero-order chi connectivity index (χ0) is 14.8. The van der Waals surface area contributed by atoms with Gasteiger partial charge in [0.1, 0.15) is 5.82 Å². The van der Waals surface area contributed by atoms with Crippen LogP contribution < -0.4 is 4.90 Å². The van der Waals surface area contributed by atoms with Gasteiger partial charge >= 0.3 is 5.97 Å². The minimum absolute atomic E-state index is 0.266. The number of hydrogen-bond donors (Lipinski definition) is 1. The number of carbonyl (C=O) groups is 1. The number of carboxylic acid groups (broad SMARTS) is 1. The maximum Gasteiger partial charge on any atom is 0.338 e. The normalized spacial score (nSPS) is 13.9. The lowest BCUT2D eigenvalue weighted by Gasteiger charge is -2.31. The summed E-state index contributed by atoms with van der Waals surface area (Å²) in [5.74, 6) is -1.86. The summed E-state index contributed by atoms with van der Waals surface area (Å²) in [6.45, 7) is 1.25. The number of fused-ring (bicyclic) bond motifs is 1. The molecule has 2 aromatic carbocycles. The van der Waals surface area contributed by atoms with E-state index in [0.29, 0.717) is 12.1 Å². The van der Waals surface area contributed by atoms with Crippen molar-refractivity contribution in [1.29, 1.82) is 0 Å². The minimum Gasteiger partial charge on any atom is -0.478 e. The predicted molar refractivity (Wildman–Crippen MR) is 79.2 cm³/mol. The third-order valence-corrected chi connectivity index (χ3v) is 3.88. The molecule has 2 aromatic rings. The second-order valence-corrected chi connectivity index (χ2v) is 5.24. The van der Waals surface area contributed by atoms with Crippen molar-refractivity contribution < 1.29 is 14.3 Å². The average Bonchev–Trinajstić information content (AvgIpc) is 2.49. The highest BCUT2D eigenvalue weighted by molar-refractivity contribution is 5.88. The third kappa shape index (κ3) is 2.61. The third-order valence-electron chi connectivity index (χ3n) is 3.88. The van der Waals surface area contributed by atoms with E-state index in [4.69, 9.17) is 5.11 Å². The van der Waals surface area contributed by atoms with Crippen molar-refractivity contribution in [3.05, 3.63) is 65.0 Å². The first-order chi connectivity index (χ1) is 10.2. The van der Waals surface area contributed by atoms with Gasteiger partial charge in [0.05, 0.1) is 5.56 Å². The zero-order valence-corrected chi connectivity index (χ0v) is 11.6. The Kier molecular flexibility index (Phi) is 3.60. The summed E-state index contributed by atoms with van der Waals surface area (Å²) in [6.07, 6.45) is 2.06. The van der Waals surface area contributed by atoms with E-state index in [1.165, 1.54) is 11.6 Å². The van der Waals surface area contributed by atoms with Gasteiger partial charge in [0, 0.05) is 24.3 Å². The second kappa shape index (κ2) is 5.56. The number of carboxylic acids is 1. The van der Waals surface area contributed by atoms with Gasteiger partial charge in [-0.25, -0.2) is 9.18 Å². The molecule has 0 bridgehead atoms. The van der Waals surface area contributed by atoms with Gasteiger partial charge in [-0.2, -0.15) is 0 Å². The summed E-state index contributed by atoms with van der Waals surface area (Å²) in [4.78, 5) is 13.1. The number of rotatable bonds is 3. The van der Waals surface area contributed by atoms with Crippen LogP contribution in [-0.2, 0) is 13.0 Å². The molecule has 0 saturated carbocycles. The lowest BCUT2D eigenvalue weighted by atomic mass is 10.0. The lowest BCUT2D eigenvalue weighted by Crippen LogP contribution is -2.29. The highest BCUT2D eigenvalue weighted by atomic mass is 19.1. The molecule has 0 spiro atoms. The number of hydrogen-bond acceptors (Lipinski definition) is 2. The quantitative estimate of drug-likeness (QED) is 0.938. The van der Waals surface area contributed by atoms with E-state index < -0.39 is 11.8 Å². The first-order valence-electron chi connectivity index (χ1n) is 7.00. The van der Waals surface area contributed by atoms with Gasteiger partial charge in [0.15, 0.2) is 0 Å². The van der Waals surface area contributed by atoms with Gasteiger partial charge in [-0.15, -0.1) is 0 Å². The Labute approximate surface area is 122 Å². The van der Waals surface area contributed by atoms with Crippen molar-refractivity contribution in [1.82, 2.24) is 0 Å². The Morgan fingerprint density at radius 3 is 2.81 bits per heavy atom. The summed E-state index contributed by atoms with van der Waals surface area (Å²) >= 11 is 0. The predicted octanol–water partition coefficient (Wildman–Crippen LogP) is 3.48. The maximum atomic E-state index is 14.2. The number of benzene rings is 2. The molecule has 3 rings (SSSR count). The molecule has 0 unspecified atom stereocenters. The first-order valence-corrected chi connectivity index (χ1v) is 7.00. The fourth-order valence-corrected chi connectivity index (χ4v) is 2.85. The molecule has 0 saturated heterocycles. The monoisotopic (exact) mass is 285 g/mol. The van der Waals surface area contributed by atoms with Crippen molar-refractivity contribution in [3.63, 3.8) is 0 Å². The fourth-order valence-electron chi connectivity index (χ4n) is 2.85. The van der Waals surface area contributed by atoms with Crippen LogP contribution in [-0.4, -0.2) is 17.6 Å². The van der Waals surface area contributed by atoms with E-state index in [9.17, 15) is 9.18 Å². The number of para-hydroxylation sites is 1. The van der Waals surface area contributed by atoms with Crippen LogP contribution in [0, 0.1) is 5.82 Å². The van der Waals surface area contributed by atoms with Crippen LogP contribution in [0.15, 0.2) is 42.5 Å². The summed E-state index contributed by atoms with van der Waals surface area (Å²) in [7, 11) is 0. The largest absolute Gasteiger partial charge is 0.478 e. The number of aromatic carboxylic acids is 1. The molecular formula is C17H16FNO2. The van der Waals surface area contributed by atoms with Crippen LogP contribution in [0.2, 0.25) is 0 Å². The first kappa shape index (κ1) is 13.6. The molecule has 0 amide bonds.